The van der Waals surface area contributed by atoms with Crippen molar-refractivity contribution in [2.45, 2.75) is 25.0 Å². The maximum atomic E-state index is 12.2. The van der Waals surface area contributed by atoms with E-state index < -0.39 is 0 Å². The third-order valence-electron chi connectivity index (χ3n) is 3.14. The van der Waals surface area contributed by atoms with Gasteiger partial charge >= 0.3 is 0 Å². The number of hydrogen-bond acceptors (Lipinski definition) is 4. The number of carbonyl (C=O) groups is 2. The quantitative estimate of drug-likeness (QED) is 0.830. The standard InChI is InChI=1S/C14H18N2O2S/c1-2-10-3-5-11(6-4-10)16-13(17)9-12(14(16)18)19-8-7-15/h3-6,12H,2,7-9,15H2,1H3. The second-order valence-corrected chi connectivity index (χ2v) is 5.75. The monoisotopic (exact) mass is 278 g/mol. The molecule has 19 heavy (non-hydrogen) atoms. The van der Waals surface area contributed by atoms with E-state index in [1.807, 2.05) is 24.3 Å². The van der Waals surface area contributed by atoms with Gasteiger partial charge in [-0.05, 0) is 24.1 Å². The minimum atomic E-state index is -0.276. The summed E-state index contributed by atoms with van der Waals surface area (Å²) >= 11 is 1.46. The van der Waals surface area contributed by atoms with Crippen LogP contribution in [0, 0.1) is 0 Å². The van der Waals surface area contributed by atoms with E-state index in [2.05, 4.69) is 6.92 Å². The normalized spacial score (nSPS) is 19.3. The molecular weight excluding hydrogens is 260 g/mol. The van der Waals surface area contributed by atoms with Gasteiger partial charge in [-0.25, -0.2) is 4.90 Å². The highest BCUT2D eigenvalue weighted by Crippen LogP contribution is 2.29. The number of benzene rings is 1. The highest BCUT2D eigenvalue weighted by atomic mass is 32.2. The van der Waals surface area contributed by atoms with Gasteiger partial charge in [0.1, 0.15) is 0 Å². The zero-order valence-electron chi connectivity index (χ0n) is 11.0. The molecular formula is C14H18N2O2S. The molecule has 1 heterocycles. The van der Waals surface area contributed by atoms with E-state index in [0.29, 0.717) is 18.0 Å². The van der Waals surface area contributed by atoms with E-state index in [4.69, 9.17) is 5.73 Å². The van der Waals surface area contributed by atoms with Gasteiger partial charge in [0.25, 0.3) is 0 Å². The van der Waals surface area contributed by atoms with Crippen LogP contribution in [0.15, 0.2) is 24.3 Å². The van der Waals surface area contributed by atoms with E-state index in [0.717, 1.165) is 6.42 Å². The number of hydrogen-bond donors (Lipinski definition) is 1. The lowest BCUT2D eigenvalue weighted by molar-refractivity contribution is -0.121. The number of imide groups is 1. The number of anilines is 1. The second kappa shape index (κ2) is 6.21. The Bertz CT molecular complexity index is 473. The smallest absolute Gasteiger partial charge is 0.247 e. The van der Waals surface area contributed by atoms with Gasteiger partial charge in [-0.15, -0.1) is 11.8 Å². The summed E-state index contributed by atoms with van der Waals surface area (Å²) < 4.78 is 0. The average Bonchev–Trinajstić information content (AvgIpc) is 2.71. The summed E-state index contributed by atoms with van der Waals surface area (Å²) in [5.41, 5.74) is 7.29. The second-order valence-electron chi connectivity index (χ2n) is 4.44. The molecule has 0 aromatic heterocycles. The SMILES string of the molecule is CCc1ccc(N2C(=O)CC(SCCN)C2=O)cc1. The van der Waals surface area contributed by atoms with Crippen LogP contribution in [0.25, 0.3) is 0 Å². The summed E-state index contributed by atoms with van der Waals surface area (Å²) in [6.45, 7) is 2.59. The molecule has 0 spiro atoms. The van der Waals surface area contributed by atoms with Crippen LogP contribution in [0.1, 0.15) is 18.9 Å². The van der Waals surface area contributed by atoms with Gasteiger partial charge in [0.15, 0.2) is 0 Å². The summed E-state index contributed by atoms with van der Waals surface area (Å²) in [6.07, 6.45) is 1.22. The fourth-order valence-corrected chi connectivity index (χ4v) is 3.03. The lowest BCUT2D eigenvalue weighted by atomic mass is 10.1. The number of rotatable bonds is 5. The molecule has 2 N–H and O–H groups in total. The fraction of sp³-hybridized carbons (Fsp3) is 0.429. The van der Waals surface area contributed by atoms with Crippen molar-refractivity contribution >= 4 is 29.3 Å². The van der Waals surface area contributed by atoms with Crippen LogP contribution in [-0.4, -0.2) is 29.4 Å². The zero-order valence-corrected chi connectivity index (χ0v) is 11.8. The van der Waals surface area contributed by atoms with Crippen LogP contribution in [0.5, 0.6) is 0 Å². The summed E-state index contributed by atoms with van der Waals surface area (Å²) in [7, 11) is 0. The van der Waals surface area contributed by atoms with E-state index in [1.54, 1.807) is 0 Å². The van der Waals surface area contributed by atoms with Crippen LogP contribution < -0.4 is 10.6 Å². The molecule has 5 heteroatoms. The Hall–Kier alpha value is -1.33. The first kappa shape index (κ1) is 14.1. The number of aryl methyl sites for hydroxylation is 1. The van der Waals surface area contributed by atoms with Crippen molar-refractivity contribution in [3.8, 4) is 0 Å². The first-order valence-electron chi connectivity index (χ1n) is 6.44. The fourth-order valence-electron chi connectivity index (χ4n) is 2.10. The molecule has 4 nitrogen and oxygen atoms in total. The Morgan fingerprint density at radius 2 is 2.00 bits per heavy atom. The molecule has 1 aromatic rings. The van der Waals surface area contributed by atoms with Crippen LogP contribution >= 0.6 is 11.8 Å². The maximum Gasteiger partial charge on any atom is 0.247 e. The Labute approximate surface area is 117 Å². The maximum absolute atomic E-state index is 12.2. The van der Waals surface area contributed by atoms with Gasteiger partial charge in [0.2, 0.25) is 11.8 Å². The topological polar surface area (TPSA) is 63.4 Å². The molecule has 1 saturated heterocycles. The minimum absolute atomic E-state index is 0.118. The van der Waals surface area contributed by atoms with Crippen molar-refractivity contribution in [2.24, 2.45) is 5.73 Å². The molecule has 1 aliphatic heterocycles. The molecule has 0 aliphatic carbocycles. The van der Waals surface area contributed by atoms with Crippen molar-refractivity contribution in [1.29, 1.82) is 0 Å². The summed E-state index contributed by atoms with van der Waals surface area (Å²) in [5.74, 6) is 0.461. The number of nitrogens with two attached hydrogens (primary N) is 1. The number of carbonyl (C=O) groups excluding carboxylic acids is 2. The molecule has 0 radical (unpaired) electrons. The predicted octanol–water partition coefficient (Wildman–Crippen LogP) is 1.57. The number of amides is 2. The largest absolute Gasteiger partial charge is 0.330 e. The van der Waals surface area contributed by atoms with E-state index >= 15 is 0 Å². The Morgan fingerprint density at radius 3 is 2.58 bits per heavy atom. The highest BCUT2D eigenvalue weighted by Gasteiger charge is 2.39. The third-order valence-corrected chi connectivity index (χ3v) is 4.39. The van der Waals surface area contributed by atoms with Gasteiger partial charge in [0.05, 0.1) is 10.9 Å². The molecule has 2 amide bonds. The Morgan fingerprint density at radius 1 is 1.32 bits per heavy atom. The summed E-state index contributed by atoms with van der Waals surface area (Å²) in [5, 5.41) is -0.276. The number of nitrogens with zero attached hydrogens (tertiary/aromatic N) is 1. The van der Waals surface area contributed by atoms with Crippen LogP contribution in [0.3, 0.4) is 0 Å². The van der Waals surface area contributed by atoms with Crippen molar-refractivity contribution in [3.05, 3.63) is 29.8 Å². The van der Waals surface area contributed by atoms with Crippen LogP contribution in [-0.2, 0) is 16.0 Å². The van der Waals surface area contributed by atoms with Gasteiger partial charge in [-0.2, -0.15) is 0 Å². The lowest BCUT2D eigenvalue weighted by Gasteiger charge is -2.15. The molecule has 1 atom stereocenters. The summed E-state index contributed by atoms with van der Waals surface area (Å²) in [4.78, 5) is 25.5. The van der Waals surface area contributed by atoms with Gasteiger partial charge in [-0.3, -0.25) is 9.59 Å². The minimum Gasteiger partial charge on any atom is -0.330 e. The first-order valence-corrected chi connectivity index (χ1v) is 7.49. The molecule has 102 valence electrons. The van der Waals surface area contributed by atoms with Crippen molar-refractivity contribution < 1.29 is 9.59 Å². The van der Waals surface area contributed by atoms with Crippen LogP contribution in [0.2, 0.25) is 0 Å². The van der Waals surface area contributed by atoms with Gasteiger partial charge < -0.3 is 5.73 Å². The lowest BCUT2D eigenvalue weighted by Crippen LogP contribution is -2.31. The molecule has 2 rings (SSSR count). The Balaban J connectivity index is 2.14. The molecule has 1 fully saturated rings. The van der Waals surface area contributed by atoms with Gasteiger partial charge in [-0.1, -0.05) is 19.1 Å². The zero-order chi connectivity index (χ0) is 13.8. The van der Waals surface area contributed by atoms with Gasteiger partial charge in [0, 0.05) is 18.7 Å². The molecule has 1 unspecified atom stereocenters. The third kappa shape index (κ3) is 2.98. The van der Waals surface area contributed by atoms with Crippen molar-refractivity contribution in [2.75, 3.05) is 17.2 Å². The molecule has 0 bridgehead atoms. The average molecular weight is 278 g/mol. The molecule has 1 aliphatic rings. The van der Waals surface area contributed by atoms with E-state index in [9.17, 15) is 9.59 Å². The highest BCUT2D eigenvalue weighted by molar-refractivity contribution is 8.00. The van der Waals surface area contributed by atoms with E-state index in [1.165, 1.54) is 22.2 Å². The predicted molar refractivity (Wildman–Crippen MR) is 78.2 cm³/mol. The number of thioether (sulfide) groups is 1. The van der Waals surface area contributed by atoms with Crippen LogP contribution in [0.4, 0.5) is 5.69 Å². The molecule has 1 aromatic carbocycles. The first-order chi connectivity index (χ1) is 9.17. The molecule has 0 saturated carbocycles. The summed E-state index contributed by atoms with van der Waals surface area (Å²) in [6, 6.07) is 7.59. The van der Waals surface area contributed by atoms with Crippen molar-refractivity contribution in [3.63, 3.8) is 0 Å². The Kier molecular flexibility index (Phi) is 4.61. The van der Waals surface area contributed by atoms with E-state index in [-0.39, 0.29) is 23.5 Å². The van der Waals surface area contributed by atoms with Crippen molar-refractivity contribution in [1.82, 2.24) is 0 Å².